The fourth-order valence-electron chi connectivity index (χ4n) is 4.71. The van der Waals surface area contributed by atoms with Crippen LogP contribution < -0.4 is 0 Å². The summed E-state index contributed by atoms with van der Waals surface area (Å²) in [6.45, 7) is 71.6. The summed E-state index contributed by atoms with van der Waals surface area (Å²) in [5.74, 6) is -0.608. The average molecular weight is 1320 g/mol. The standard InChI is InChI=1S/C10H12O2.C10H14O.C8H16O2.C7H16O.C6H14O.C6H12O.C5H10O3.C5H12O2.C5H10O2.C5H12O.C4H10O.C3H8O/c1-8(2)12-10(11)9-6-4-3-5-7-9;1-9(2)11-8-10-6-4-3-5-7-10;1-6(2)10-7(9)8(3,4)5;1-6(2)8-7(3,4)5;1-5(2)7-6(3)4;1-4-5-7-6(2)3;1-4(2)8-5(6)7-3;1-5(2)7-4-6-3;1-4(2)7-5(3)6;1-4-6-5(2)3;1-4(2)5-3;1-3(2)4/h3-8H,1-2H3;3-7,9H,8H2,1-2H3;6H,1-5H3;6H,1-5H3;5-6H,1-4H3;4,6H,1,5H2,2-3H3;4H,1-3H3;5H,4H2,1-3H3;4H,1-3H3;5H,4H2,1-3H3;4H,1-3H3;3-4H,1-2H3. The Morgan fingerprint density at radius 2 is 0.848 bits per heavy atom. The van der Waals surface area contributed by atoms with E-state index in [4.69, 9.17) is 47.7 Å². The lowest BCUT2D eigenvalue weighted by atomic mass is 9.97. The first-order chi connectivity index (χ1) is 42.0. The van der Waals surface area contributed by atoms with E-state index in [-0.39, 0.29) is 65.5 Å². The number of benzene rings is 2. The van der Waals surface area contributed by atoms with Gasteiger partial charge >= 0.3 is 24.1 Å². The number of hydrogen-bond acceptors (Lipinski definition) is 18. The Morgan fingerprint density at radius 3 is 1.01 bits per heavy atom. The van der Waals surface area contributed by atoms with E-state index in [1.165, 1.54) is 19.6 Å². The van der Waals surface area contributed by atoms with Crippen LogP contribution in [-0.2, 0) is 77.8 Å². The summed E-state index contributed by atoms with van der Waals surface area (Å²) >= 11 is 0. The van der Waals surface area contributed by atoms with Crippen molar-refractivity contribution >= 4 is 24.1 Å². The number of hydrogen-bond donors (Lipinski definition) is 1. The Bertz CT molecular complexity index is 1800. The van der Waals surface area contributed by atoms with Crippen LogP contribution in [0.2, 0.25) is 0 Å². The molecule has 0 heterocycles. The maximum Gasteiger partial charge on any atom is 0.508 e. The molecule has 2 aromatic rings. The molecule has 18 heteroatoms. The Hall–Kier alpha value is -4.50. The van der Waals surface area contributed by atoms with Crippen LogP contribution in [0, 0.1) is 5.41 Å². The Balaban J connectivity index is -0.000000101. The number of carbonyl (C=O) groups is 4. The van der Waals surface area contributed by atoms with Crippen LogP contribution in [-0.4, -0.2) is 155 Å². The lowest BCUT2D eigenvalue weighted by Crippen LogP contribution is -2.25. The van der Waals surface area contributed by atoms with Crippen molar-refractivity contribution in [3.05, 3.63) is 84.4 Å². The van der Waals surface area contributed by atoms with Gasteiger partial charge in [0, 0.05) is 33.9 Å². The molecule has 0 bridgehead atoms. The van der Waals surface area contributed by atoms with Gasteiger partial charge in [0.1, 0.15) is 6.79 Å². The molecule has 0 atom stereocenters. The zero-order valence-corrected chi connectivity index (χ0v) is 65.8. The van der Waals surface area contributed by atoms with E-state index in [1.807, 2.05) is 216 Å². The summed E-state index contributed by atoms with van der Waals surface area (Å²) in [7, 11) is 4.60. The van der Waals surface area contributed by atoms with Gasteiger partial charge in [-0.15, -0.1) is 6.58 Å². The predicted octanol–water partition coefficient (Wildman–Crippen LogP) is 18.5. The van der Waals surface area contributed by atoms with E-state index in [1.54, 1.807) is 60.1 Å². The molecule has 0 saturated carbocycles. The highest BCUT2D eigenvalue weighted by Crippen LogP contribution is 2.16. The van der Waals surface area contributed by atoms with Gasteiger partial charge in [-0.25, -0.2) is 9.59 Å². The third-order valence-corrected chi connectivity index (χ3v) is 7.81. The van der Waals surface area contributed by atoms with E-state index >= 15 is 0 Å². The predicted molar refractivity (Wildman–Crippen MR) is 383 cm³/mol. The van der Waals surface area contributed by atoms with Gasteiger partial charge in [0.05, 0.1) is 110 Å². The maximum absolute atomic E-state index is 11.2. The number of ether oxygens (including phenoxy) is 13. The summed E-state index contributed by atoms with van der Waals surface area (Å²) in [6, 6.07) is 19.2. The van der Waals surface area contributed by atoms with Crippen molar-refractivity contribution in [1.82, 2.24) is 0 Å². The van der Waals surface area contributed by atoms with Crippen molar-refractivity contribution in [2.24, 2.45) is 5.41 Å². The third-order valence-electron chi connectivity index (χ3n) is 7.81. The Kier molecular flexibility index (Phi) is 87.6. The normalized spacial score (nSPS) is 10.3. The van der Waals surface area contributed by atoms with Crippen LogP contribution in [0.4, 0.5) is 4.79 Å². The first kappa shape index (κ1) is 109. The minimum Gasteiger partial charge on any atom is -0.463 e. The van der Waals surface area contributed by atoms with Gasteiger partial charge in [-0.2, -0.15) is 0 Å². The third kappa shape index (κ3) is 138. The van der Waals surface area contributed by atoms with E-state index in [2.05, 4.69) is 58.4 Å². The summed E-state index contributed by atoms with van der Waals surface area (Å²) in [6.07, 6.45) is 3.62. The molecule has 92 heavy (non-hydrogen) atoms. The lowest BCUT2D eigenvalue weighted by Gasteiger charge is -2.22. The highest BCUT2D eigenvalue weighted by molar-refractivity contribution is 5.89. The molecule has 0 unspecified atom stereocenters. The highest BCUT2D eigenvalue weighted by Gasteiger charge is 2.23. The van der Waals surface area contributed by atoms with Gasteiger partial charge in [0.15, 0.2) is 0 Å². The lowest BCUT2D eigenvalue weighted by molar-refractivity contribution is -0.156. The van der Waals surface area contributed by atoms with Crippen LogP contribution in [0.3, 0.4) is 0 Å². The monoisotopic (exact) mass is 1320 g/mol. The molecule has 550 valence electrons. The van der Waals surface area contributed by atoms with Crippen molar-refractivity contribution in [3.63, 3.8) is 0 Å². The molecule has 2 rings (SSSR count). The number of rotatable bonds is 20. The van der Waals surface area contributed by atoms with Crippen molar-refractivity contribution in [2.45, 2.75) is 327 Å². The molecule has 0 amide bonds. The molecular formula is C74H146O18. The molecule has 0 aliphatic heterocycles. The van der Waals surface area contributed by atoms with Gasteiger partial charge in [-0.05, 0) is 246 Å². The molecule has 18 nitrogen and oxygen atoms in total. The second-order valence-corrected chi connectivity index (χ2v) is 25.3. The molecule has 0 fully saturated rings. The number of aliphatic hydroxyl groups is 1. The van der Waals surface area contributed by atoms with E-state index in [9.17, 15) is 19.2 Å². The number of carbonyl (C=O) groups excluding carboxylic acids is 4. The molecule has 0 aromatic heterocycles. The molecule has 0 spiro atoms. The second kappa shape index (κ2) is 73.9. The van der Waals surface area contributed by atoms with Crippen LogP contribution in [0.1, 0.15) is 251 Å². The van der Waals surface area contributed by atoms with Crippen molar-refractivity contribution in [2.75, 3.05) is 41.3 Å². The Morgan fingerprint density at radius 1 is 0.478 bits per heavy atom. The van der Waals surface area contributed by atoms with Gasteiger partial charge in [-0.3, -0.25) is 9.59 Å². The average Bonchev–Trinajstić information content (AvgIpc) is 2.12. The first-order valence-corrected chi connectivity index (χ1v) is 32.5. The topological polar surface area (TPSA) is 208 Å². The van der Waals surface area contributed by atoms with Crippen LogP contribution in [0.15, 0.2) is 73.3 Å². The van der Waals surface area contributed by atoms with Gasteiger partial charge < -0.3 is 66.7 Å². The second-order valence-electron chi connectivity index (χ2n) is 25.3. The SMILES string of the molecule is C=CCOC(C)C.CC(=O)OC(C)C.CC(C)O.CC(C)OC(=O)C(C)(C)C.CC(C)OC(=O)c1ccccc1.CC(C)OC(C)(C)C.CC(C)OC(C)C.CC(C)OCc1ccccc1.CCOC(C)C.COC(=O)OC(C)C.COC(C)C.COCOC(C)C. The van der Waals surface area contributed by atoms with Crippen molar-refractivity contribution < 1.29 is 85.9 Å². The number of aliphatic hydroxyl groups excluding tert-OH is 1. The van der Waals surface area contributed by atoms with Crippen molar-refractivity contribution in [1.29, 1.82) is 0 Å². The number of methoxy groups -OCH3 is 3. The van der Waals surface area contributed by atoms with Crippen LogP contribution in [0.25, 0.3) is 0 Å². The van der Waals surface area contributed by atoms with Gasteiger partial charge in [-0.1, -0.05) is 54.6 Å². The maximum atomic E-state index is 11.2. The summed E-state index contributed by atoms with van der Waals surface area (Å²) in [5.41, 5.74) is 1.49. The minimum atomic E-state index is -0.625. The fourth-order valence-corrected chi connectivity index (χ4v) is 4.71. The quantitative estimate of drug-likeness (QED) is 0.0566. The zero-order chi connectivity index (χ0) is 74.8. The van der Waals surface area contributed by atoms with Crippen LogP contribution >= 0.6 is 0 Å². The summed E-state index contributed by atoms with van der Waals surface area (Å²) in [5, 5.41) is 8.06. The summed E-state index contributed by atoms with van der Waals surface area (Å²) < 4.78 is 63.9. The van der Waals surface area contributed by atoms with Crippen molar-refractivity contribution in [3.8, 4) is 0 Å². The molecule has 1 N–H and O–H groups in total. The molecule has 2 aromatic carbocycles. The summed E-state index contributed by atoms with van der Waals surface area (Å²) in [4.78, 5) is 42.5. The van der Waals surface area contributed by atoms with E-state index < -0.39 is 6.16 Å². The minimum absolute atomic E-state index is 0.00766. The highest BCUT2D eigenvalue weighted by atomic mass is 16.7. The molecule has 0 aliphatic carbocycles. The van der Waals surface area contributed by atoms with Crippen LogP contribution in [0.5, 0.6) is 0 Å². The smallest absolute Gasteiger partial charge is 0.463 e. The van der Waals surface area contributed by atoms with Gasteiger partial charge in [0.2, 0.25) is 0 Å². The largest absolute Gasteiger partial charge is 0.508 e. The molecule has 0 radical (unpaired) electrons. The number of esters is 3. The molecular weight excluding hydrogens is 1180 g/mol. The van der Waals surface area contributed by atoms with E-state index in [0.29, 0.717) is 61.7 Å². The molecule has 0 saturated heterocycles. The fraction of sp³-hybridized carbons (Fsp3) is 0.757. The Labute approximate surface area is 565 Å². The van der Waals surface area contributed by atoms with Gasteiger partial charge in [0.25, 0.3) is 0 Å². The van der Waals surface area contributed by atoms with E-state index in [0.717, 1.165) is 13.2 Å². The zero-order valence-electron chi connectivity index (χ0n) is 65.8. The molecule has 0 aliphatic rings. The first-order valence-electron chi connectivity index (χ1n) is 32.5.